The van der Waals surface area contributed by atoms with Crippen molar-refractivity contribution in [1.29, 1.82) is 0 Å². The number of rotatable bonds is 5. The number of benzene rings is 1. The van der Waals surface area contributed by atoms with E-state index in [2.05, 4.69) is 15.3 Å². The third-order valence-electron chi connectivity index (χ3n) is 5.13. The van der Waals surface area contributed by atoms with E-state index in [9.17, 15) is 9.59 Å². The number of fused-ring (bicyclic) bond motifs is 4. The molecule has 1 aromatic carbocycles. The number of anilines is 1. The molecule has 3 heterocycles. The van der Waals surface area contributed by atoms with Gasteiger partial charge >= 0.3 is 0 Å². The molecule has 7 nitrogen and oxygen atoms in total. The molecule has 2 aromatic heterocycles. The highest BCUT2D eigenvalue weighted by Crippen LogP contribution is 2.35. The number of ether oxygens (including phenoxy) is 2. The Kier molecular flexibility index (Phi) is 5.39. The number of aromatic nitrogens is 2. The third-order valence-corrected chi connectivity index (χ3v) is 7.26. The second-order valence-electron chi connectivity index (χ2n) is 7.30. The number of nitrogens with one attached hydrogen (secondary N) is 2. The summed E-state index contributed by atoms with van der Waals surface area (Å²) in [4.78, 5) is 34.4. The summed E-state index contributed by atoms with van der Waals surface area (Å²) in [5.74, 6) is 2.58. The SMILES string of the molecule is O=C(CSCc1nc2sc3c(c2c(=O)[nH]1)CCC3)Nc1ccc2c(c1)OCCCO2. The van der Waals surface area contributed by atoms with E-state index in [0.29, 0.717) is 42.0 Å². The molecule has 30 heavy (non-hydrogen) atoms. The minimum absolute atomic E-state index is 0.0633. The van der Waals surface area contributed by atoms with Gasteiger partial charge in [0.25, 0.3) is 5.56 Å². The summed E-state index contributed by atoms with van der Waals surface area (Å²) in [7, 11) is 0. The van der Waals surface area contributed by atoms with Crippen LogP contribution in [0.3, 0.4) is 0 Å². The van der Waals surface area contributed by atoms with Gasteiger partial charge in [0.05, 0.1) is 30.1 Å². The van der Waals surface area contributed by atoms with Crippen molar-refractivity contribution < 1.29 is 14.3 Å². The smallest absolute Gasteiger partial charge is 0.259 e. The number of nitrogens with zero attached hydrogens (tertiary/aromatic N) is 1. The number of hydrogen-bond acceptors (Lipinski definition) is 7. The predicted octanol–water partition coefficient (Wildman–Crippen LogP) is 3.51. The maximum atomic E-state index is 12.5. The summed E-state index contributed by atoms with van der Waals surface area (Å²) in [6.07, 6.45) is 3.96. The number of aromatic amines is 1. The lowest BCUT2D eigenvalue weighted by atomic mass is 10.2. The Hall–Kier alpha value is -2.52. The zero-order valence-corrected chi connectivity index (χ0v) is 17.9. The molecule has 0 fully saturated rings. The van der Waals surface area contributed by atoms with Crippen LogP contribution in [-0.4, -0.2) is 34.8 Å². The van der Waals surface area contributed by atoms with Crippen LogP contribution < -0.4 is 20.3 Å². The number of aryl methyl sites for hydroxylation is 2. The van der Waals surface area contributed by atoms with Crippen molar-refractivity contribution >= 4 is 44.9 Å². The molecule has 0 unspecified atom stereocenters. The van der Waals surface area contributed by atoms with Crippen LogP contribution in [-0.2, 0) is 23.4 Å². The number of thioether (sulfide) groups is 1. The molecule has 0 spiro atoms. The van der Waals surface area contributed by atoms with Gasteiger partial charge in [-0.25, -0.2) is 4.98 Å². The van der Waals surface area contributed by atoms with E-state index < -0.39 is 0 Å². The Morgan fingerprint density at radius 3 is 2.97 bits per heavy atom. The van der Waals surface area contributed by atoms with Gasteiger partial charge in [0.1, 0.15) is 10.7 Å². The van der Waals surface area contributed by atoms with Crippen LogP contribution in [0.25, 0.3) is 10.2 Å². The molecule has 3 aromatic rings. The average Bonchev–Trinajstić information content (AvgIpc) is 3.21. The topological polar surface area (TPSA) is 93.3 Å². The second-order valence-corrected chi connectivity index (χ2v) is 9.37. The highest BCUT2D eigenvalue weighted by atomic mass is 32.2. The first-order valence-corrected chi connectivity index (χ1v) is 12.0. The first kappa shape index (κ1) is 19.4. The number of carbonyl (C=O) groups excluding carboxylic acids is 1. The summed E-state index contributed by atoms with van der Waals surface area (Å²) < 4.78 is 11.3. The van der Waals surface area contributed by atoms with E-state index in [1.807, 2.05) is 6.07 Å². The van der Waals surface area contributed by atoms with Gasteiger partial charge in [0, 0.05) is 23.1 Å². The molecule has 5 rings (SSSR count). The molecule has 1 aliphatic heterocycles. The Labute approximate surface area is 181 Å². The summed E-state index contributed by atoms with van der Waals surface area (Å²) in [6.45, 7) is 1.23. The van der Waals surface area contributed by atoms with Crippen LogP contribution in [0.2, 0.25) is 0 Å². The molecule has 156 valence electrons. The van der Waals surface area contributed by atoms with Gasteiger partial charge in [-0.15, -0.1) is 23.1 Å². The van der Waals surface area contributed by atoms with Crippen LogP contribution >= 0.6 is 23.1 Å². The van der Waals surface area contributed by atoms with Crippen LogP contribution in [0.4, 0.5) is 5.69 Å². The van der Waals surface area contributed by atoms with Crippen molar-refractivity contribution in [3.8, 4) is 11.5 Å². The lowest BCUT2D eigenvalue weighted by Gasteiger charge is -2.10. The quantitative estimate of drug-likeness (QED) is 0.627. The molecule has 1 aliphatic carbocycles. The highest BCUT2D eigenvalue weighted by Gasteiger charge is 2.21. The lowest BCUT2D eigenvalue weighted by Crippen LogP contribution is -2.15. The van der Waals surface area contributed by atoms with Gasteiger partial charge in [-0.2, -0.15) is 0 Å². The molecule has 0 atom stereocenters. The molecule has 2 aliphatic rings. The second kappa shape index (κ2) is 8.31. The third kappa shape index (κ3) is 3.91. The normalized spacial score (nSPS) is 15.1. The van der Waals surface area contributed by atoms with Crippen molar-refractivity contribution in [2.45, 2.75) is 31.4 Å². The minimum atomic E-state index is -0.118. The molecule has 0 saturated heterocycles. The van der Waals surface area contributed by atoms with Gasteiger partial charge in [-0.3, -0.25) is 9.59 Å². The van der Waals surface area contributed by atoms with E-state index in [0.717, 1.165) is 35.9 Å². The van der Waals surface area contributed by atoms with Crippen LogP contribution in [0, 0.1) is 0 Å². The van der Waals surface area contributed by atoms with E-state index in [4.69, 9.17) is 9.47 Å². The number of carbonyl (C=O) groups is 1. The zero-order valence-electron chi connectivity index (χ0n) is 16.3. The van der Waals surface area contributed by atoms with Crippen LogP contribution in [0.15, 0.2) is 23.0 Å². The first-order chi connectivity index (χ1) is 14.7. The Morgan fingerprint density at radius 1 is 1.20 bits per heavy atom. The summed E-state index contributed by atoms with van der Waals surface area (Å²) >= 11 is 3.05. The van der Waals surface area contributed by atoms with Crippen molar-refractivity contribution in [3.05, 3.63) is 44.8 Å². The van der Waals surface area contributed by atoms with Gasteiger partial charge in [0.15, 0.2) is 11.5 Å². The lowest BCUT2D eigenvalue weighted by molar-refractivity contribution is -0.113. The van der Waals surface area contributed by atoms with Crippen molar-refractivity contribution in [3.63, 3.8) is 0 Å². The molecular formula is C21H21N3O4S2. The summed E-state index contributed by atoms with van der Waals surface area (Å²) in [5.41, 5.74) is 1.79. The van der Waals surface area contributed by atoms with E-state index in [-0.39, 0.29) is 17.2 Å². The Bertz CT molecular complexity index is 1170. The van der Waals surface area contributed by atoms with Crippen molar-refractivity contribution in [2.75, 3.05) is 24.3 Å². The number of H-pyrrole nitrogens is 1. The maximum absolute atomic E-state index is 12.5. The molecular weight excluding hydrogens is 422 g/mol. The standard InChI is InChI=1S/C21H21N3O4S2/c25-18(22-12-5-6-14-15(9-12)28-8-2-7-27-14)11-29-10-17-23-20(26)19-13-3-1-4-16(13)30-21(19)24-17/h5-6,9H,1-4,7-8,10-11H2,(H,22,25)(H,23,24,26). The molecule has 2 N–H and O–H groups in total. The Morgan fingerprint density at radius 2 is 2.07 bits per heavy atom. The molecule has 0 bridgehead atoms. The van der Waals surface area contributed by atoms with Crippen LogP contribution in [0.5, 0.6) is 11.5 Å². The number of thiophene rings is 1. The van der Waals surface area contributed by atoms with Crippen molar-refractivity contribution in [1.82, 2.24) is 9.97 Å². The van der Waals surface area contributed by atoms with Gasteiger partial charge in [0.2, 0.25) is 5.91 Å². The minimum Gasteiger partial charge on any atom is -0.490 e. The average molecular weight is 444 g/mol. The fraction of sp³-hybridized carbons (Fsp3) is 0.381. The first-order valence-electron chi connectivity index (χ1n) is 9.98. The zero-order chi connectivity index (χ0) is 20.5. The fourth-order valence-electron chi connectivity index (χ4n) is 3.79. The van der Waals surface area contributed by atoms with Gasteiger partial charge in [-0.1, -0.05) is 0 Å². The largest absolute Gasteiger partial charge is 0.490 e. The maximum Gasteiger partial charge on any atom is 0.259 e. The Balaban J connectivity index is 1.19. The summed E-state index contributed by atoms with van der Waals surface area (Å²) in [6, 6.07) is 5.40. The van der Waals surface area contributed by atoms with Gasteiger partial charge < -0.3 is 19.8 Å². The van der Waals surface area contributed by atoms with E-state index in [1.54, 1.807) is 23.5 Å². The predicted molar refractivity (Wildman–Crippen MR) is 119 cm³/mol. The number of hydrogen-bond donors (Lipinski definition) is 2. The number of amides is 1. The van der Waals surface area contributed by atoms with E-state index in [1.165, 1.54) is 22.2 Å². The van der Waals surface area contributed by atoms with Gasteiger partial charge in [-0.05, 0) is 37.0 Å². The molecule has 1 amide bonds. The molecule has 0 saturated carbocycles. The highest BCUT2D eigenvalue weighted by molar-refractivity contribution is 7.99. The van der Waals surface area contributed by atoms with Crippen LogP contribution in [0.1, 0.15) is 29.1 Å². The monoisotopic (exact) mass is 443 g/mol. The molecule has 0 radical (unpaired) electrons. The fourth-order valence-corrected chi connectivity index (χ4v) is 5.76. The van der Waals surface area contributed by atoms with E-state index >= 15 is 0 Å². The van der Waals surface area contributed by atoms with Crippen molar-refractivity contribution in [2.24, 2.45) is 0 Å². The summed E-state index contributed by atoms with van der Waals surface area (Å²) in [5, 5.41) is 3.64. The molecule has 9 heteroatoms.